The highest BCUT2D eigenvalue weighted by Crippen LogP contribution is 2.25. The van der Waals surface area contributed by atoms with Crippen molar-refractivity contribution in [1.82, 2.24) is 4.90 Å². The highest BCUT2D eigenvalue weighted by Gasteiger charge is 2.33. The Balaban J connectivity index is 2.77. The van der Waals surface area contributed by atoms with Crippen molar-refractivity contribution in [2.75, 3.05) is 27.3 Å². The van der Waals surface area contributed by atoms with Crippen molar-refractivity contribution in [1.29, 1.82) is 0 Å². The summed E-state index contributed by atoms with van der Waals surface area (Å²) in [4.78, 5) is 3.75. The Morgan fingerprint density at radius 3 is 2.53 bits per heavy atom. The fourth-order valence-electron chi connectivity index (χ4n) is 2.24. The monoisotopic (exact) mass is 286 g/mol. The molecule has 0 fully saturated rings. The van der Waals surface area contributed by atoms with Crippen LogP contribution >= 0.6 is 11.3 Å². The molecular formula is C14H26N2O2S. The maximum Gasteiger partial charge on any atom is 0.158 e. The molecule has 1 rings (SSSR count). The fourth-order valence-corrected chi connectivity index (χ4v) is 2.96. The van der Waals surface area contributed by atoms with Gasteiger partial charge in [-0.05, 0) is 24.9 Å². The molecule has 1 heterocycles. The Labute approximate surface area is 120 Å². The van der Waals surface area contributed by atoms with Crippen molar-refractivity contribution in [2.24, 2.45) is 5.73 Å². The van der Waals surface area contributed by atoms with Gasteiger partial charge in [0, 0.05) is 44.1 Å². The summed E-state index contributed by atoms with van der Waals surface area (Å²) in [6.07, 6.45) is 0.543. The molecule has 0 saturated heterocycles. The summed E-state index contributed by atoms with van der Waals surface area (Å²) in [6, 6.07) is 4.25. The Kier molecular flexibility index (Phi) is 6.96. The molecule has 0 bridgehead atoms. The minimum Gasteiger partial charge on any atom is -0.356 e. The number of likely N-dealkylation sites (N-methyl/N-ethyl adjacent to an activating group) is 1. The van der Waals surface area contributed by atoms with E-state index in [1.165, 1.54) is 4.88 Å². The number of thiophene rings is 1. The first kappa shape index (κ1) is 16.6. The Bertz CT molecular complexity index is 341. The van der Waals surface area contributed by atoms with Gasteiger partial charge in [0.2, 0.25) is 0 Å². The van der Waals surface area contributed by atoms with Gasteiger partial charge in [0.1, 0.15) is 0 Å². The number of hydrogen-bond donors (Lipinski definition) is 1. The van der Waals surface area contributed by atoms with Crippen LogP contribution in [0.15, 0.2) is 17.5 Å². The summed E-state index contributed by atoms with van der Waals surface area (Å²) in [5.74, 6) is 0. The predicted octanol–water partition coefficient (Wildman–Crippen LogP) is 2.30. The molecule has 0 aliphatic carbocycles. The average molecular weight is 286 g/mol. The molecule has 0 amide bonds. The number of rotatable bonds is 9. The summed E-state index contributed by atoms with van der Waals surface area (Å²) in [7, 11) is 3.33. The van der Waals surface area contributed by atoms with E-state index in [9.17, 15) is 0 Å². The SMILES string of the molecule is CCN(Cc1cccs1)C(C)(CN)CC(OC)OC. The first-order chi connectivity index (χ1) is 9.09. The quantitative estimate of drug-likeness (QED) is 0.708. The van der Waals surface area contributed by atoms with E-state index >= 15 is 0 Å². The van der Waals surface area contributed by atoms with Gasteiger partial charge in [0.05, 0.1) is 0 Å². The molecule has 1 unspecified atom stereocenters. The number of methoxy groups -OCH3 is 2. The van der Waals surface area contributed by atoms with E-state index in [1.807, 2.05) is 0 Å². The van der Waals surface area contributed by atoms with E-state index < -0.39 is 0 Å². The van der Waals surface area contributed by atoms with Gasteiger partial charge in [-0.25, -0.2) is 0 Å². The normalized spacial score (nSPS) is 15.1. The standard InChI is InChI=1S/C14H26N2O2S/c1-5-16(10-12-7-6-8-19-12)14(2,11-15)9-13(17-3)18-4/h6-8,13H,5,9-11,15H2,1-4H3. The molecule has 0 saturated carbocycles. The van der Waals surface area contributed by atoms with E-state index in [2.05, 4.69) is 36.3 Å². The van der Waals surface area contributed by atoms with Gasteiger partial charge in [-0.1, -0.05) is 13.0 Å². The predicted molar refractivity (Wildman–Crippen MR) is 80.3 cm³/mol. The molecule has 0 spiro atoms. The van der Waals surface area contributed by atoms with Crippen LogP contribution in [0.2, 0.25) is 0 Å². The van der Waals surface area contributed by atoms with Gasteiger partial charge < -0.3 is 15.2 Å². The minimum absolute atomic E-state index is 0.130. The van der Waals surface area contributed by atoms with E-state index in [-0.39, 0.29) is 11.8 Å². The number of nitrogens with two attached hydrogens (primary N) is 1. The third-order valence-electron chi connectivity index (χ3n) is 3.64. The molecular weight excluding hydrogens is 260 g/mol. The second-order valence-corrected chi connectivity index (χ2v) is 5.93. The van der Waals surface area contributed by atoms with Crippen LogP contribution < -0.4 is 5.73 Å². The molecule has 0 radical (unpaired) electrons. The number of hydrogen-bond acceptors (Lipinski definition) is 5. The average Bonchev–Trinajstić information content (AvgIpc) is 2.94. The lowest BCUT2D eigenvalue weighted by molar-refractivity contribution is -0.129. The van der Waals surface area contributed by atoms with E-state index in [1.54, 1.807) is 25.6 Å². The molecule has 0 aromatic carbocycles. The lowest BCUT2D eigenvalue weighted by Crippen LogP contribution is -2.53. The van der Waals surface area contributed by atoms with Crippen molar-refractivity contribution >= 4 is 11.3 Å². The van der Waals surface area contributed by atoms with Crippen molar-refractivity contribution in [3.63, 3.8) is 0 Å². The van der Waals surface area contributed by atoms with Gasteiger partial charge in [-0.3, -0.25) is 4.90 Å². The van der Waals surface area contributed by atoms with Crippen LogP contribution in [-0.4, -0.2) is 44.0 Å². The molecule has 0 aliphatic rings. The highest BCUT2D eigenvalue weighted by molar-refractivity contribution is 7.09. The summed E-state index contributed by atoms with van der Waals surface area (Å²) in [6.45, 7) is 6.79. The maximum absolute atomic E-state index is 6.02. The lowest BCUT2D eigenvalue weighted by atomic mass is 9.94. The van der Waals surface area contributed by atoms with Crippen LogP contribution in [0.4, 0.5) is 0 Å². The second-order valence-electron chi connectivity index (χ2n) is 4.90. The van der Waals surface area contributed by atoms with Crippen LogP contribution in [0, 0.1) is 0 Å². The van der Waals surface area contributed by atoms with Crippen molar-refractivity contribution in [2.45, 2.75) is 38.6 Å². The van der Waals surface area contributed by atoms with Crippen molar-refractivity contribution < 1.29 is 9.47 Å². The summed E-state index contributed by atoms with van der Waals surface area (Å²) < 4.78 is 10.7. The molecule has 19 heavy (non-hydrogen) atoms. The molecule has 110 valence electrons. The Morgan fingerprint density at radius 1 is 1.42 bits per heavy atom. The molecule has 0 aliphatic heterocycles. The first-order valence-electron chi connectivity index (χ1n) is 6.62. The fraction of sp³-hybridized carbons (Fsp3) is 0.714. The zero-order chi connectivity index (χ0) is 14.3. The molecule has 1 aromatic heterocycles. The van der Waals surface area contributed by atoms with Crippen LogP contribution in [0.3, 0.4) is 0 Å². The largest absolute Gasteiger partial charge is 0.356 e. The van der Waals surface area contributed by atoms with Crippen LogP contribution in [0.25, 0.3) is 0 Å². The summed E-state index contributed by atoms with van der Waals surface area (Å²) in [5, 5.41) is 2.11. The smallest absolute Gasteiger partial charge is 0.158 e. The van der Waals surface area contributed by atoms with Crippen molar-refractivity contribution in [3.8, 4) is 0 Å². The van der Waals surface area contributed by atoms with Gasteiger partial charge >= 0.3 is 0 Å². The molecule has 1 aromatic rings. The third kappa shape index (κ3) is 4.54. The Hall–Kier alpha value is -0.460. The van der Waals surface area contributed by atoms with E-state index in [0.717, 1.165) is 19.5 Å². The van der Waals surface area contributed by atoms with Gasteiger partial charge in [0.15, 0.2) is 6.29 Å². The third-order valence-corrected chi connectivity index (χ3v) is 4.51. The van der Waals surface area contributed by atoms with Gasteiger partial charge in [-0.15, -0.1) is 11.3 Å². The van der Waals surface area contributed by atoms with Crippen molar-refractivity contribution in [3.05, 3.63) is 22.4 Å². The molecule has 4 nitrogen and oxygen atoms in total. The number of nitrogens with zero attached hydrogens (tertiary/aromatic N) is 1. The van der Waals surface area contributed by atoms with Crippen LogP contribution in [0.5, 0.6) is 0 Å². The molecule has 1 atom stereocenters. The topological polar surface area (TPSA) is 47.7 Å². The molecule has 2 N–H and O–H groups in total. The molecule has 5 heteroatoms. The van der Waals surface area contributed by atoms with Gasteiger partial charge in [-0.2, -0.15) is 0 Å². The highest BCUT2D eigenvalue weighted by atomic mass is 32.1. The Morgan fingerprint density at radius 2 is 2.11 bits per heavy atom. The first-order valence-corrected chi connectivity index (χ1v) is 7.50. The van der Waals surface area contributed by atoms with E-state index in [4.69, 9.17) is 15.2 Å². The maximum atomic E-state index is 6.02. The summed E-state index contributed by atoms with van der Waals surface area (Å²) >= 11 is 1.78. The minimum atomic E-state index is -0.217. The van der Waals surface area contributed by atoms with Gasteiger partial charge in [0.25, 0.3) is 0 Å². The van der Waals surface area contributed by atoms with E-state index in [0.29, 0.717) is 6.54 Å². The second kappa shape index (κ2) is 7.97. The zero-order valence-electron chi connectivity index (χ0n) is 12.4. The number of ether oxygens (including phenoxy) is 2. The van der Waals surface area contributed by atoms with Crippen LogP contribution in [-0.2, 0) is 16.0 Å². The zero-order valence-corrected chi connectivity index (χ0v) is 13.2. The summed E-state index contributed by atoms with van der Waals surface area (Å²) in [5.41, 5.74) is 5.89. The lowest BCUT2D eigenvalue weighted by Gasteiger charge is -2.41. The van der Waals surface area contributed by atoms with Crippen LogP contribution in [0.1, 0.15) is 25.1 Å².